The first-order chi connectivity index (χ1) is 19.9. The fourth-order valence-corrected chi connectivity index (χ4v) is 6.34. The molecule has 0 spiro atoms. The molecule has 2 aromatic carbocycles. The predicted molar refractivity (Wildman–Crippen MR) is 155 cm³/mol. The zero-order valence-corrected chi connectivity index (χ0v) is 25.0. The van der Waals surface area contributed by atoms with Gasteiger partial charge in [-0.15, -0.1) is 12.4 Å². The Kier molecular flexibility index (Phi) is 11.5. The molecule has 0 unspecified atom stereocenters. The van der Waals surface area contributed by atoms with Gasteiger partial charge in [-0.3, -0.25) is 14.5 Å². The van der Waals surface area contributed by atoms with Gasteiger partial charge >= 0.3 is 18.2 Å². The molecule has 2 fully saturated rings. The summed E-state index contributed by atoms with van der Waals surface area (Å²) in [4.78, 5) is 51.2. The number of sulfone groups is 1. The quantitative estimate of drug-likeness (QED) is 0.318. The molecule has 0 bridgehead atoms. The van der Waals surface area contributed by atoms with Crippen LogP contribution in [0.25, 0.3) is 0 Å². The Labute approximate surface area is 254 Å². The zero-order valence-electron chi connectivity index (χ0n) is 23.3. The molecule has 2 heterocycles. The van der Waals surface area contributed by atoms with Gasteiger partial charge in [0.1, 0.15) is 27.8 Å². The third kappa shape index (κ3) is 8.88. The molecular weight excluding hydrogens is 609 g/mol. The van der Waals surface area contributed by atoms with E-state index in [4.69, 9.17) is 19.9 Å². The van der Waals surface area contributed by atoms with Crippen molar-refractivity contribution in [2.45, 2.75) is 44.2 Å². The fourth-order valence-electron chi connectivity index (χ4n) is 4.85. The van der Waals surface area contributed by atoms with Gasteiger partial charge in [-0.05, 0) is 48.4 Å². The number of cyclic esters (lactones) is 1. The van der Waals surface area contributed by atoms with E-state index in [9.17, 15) is 32.0 Å². The summed E-state index contributed by atoms with van der Waals surface area (Å²) in [7, 11) is -3.10. The van der Waals surface area contributed by atoms with Gasteiger partial charge in [0.2, 0.25) is 12.7 Å². The first-order valence-electron chi connectivity index (χ1n) is 13.3. The highest BCUT2D eigenvalue weighted by Gasteiger charge is 2.37. The summed E-state index contributed by atoms with van der Waals surface area (Å²) in [6.07, 6.45) is -2.00. The van der Waals surface area contributed by atoms with Gasteiger partial charge in [0, 0.05) is 6.92 Å². The van der Waals surface area contributed by atoms with Gasteiger partial charge in [0.05, 0.1) is 30.3 Å². The SMILES string of the molecule is CC(=O)N(C[C@H]1CN(c2ccc(C3CCS(=O)(=O)CC3)c(F)c2)C(=O)O1)C(=O)OCOC(=O)[C@@H](N)Cc1ccccc1.Cl. The Hall–Kier alpha value is -3.75. The average molecular weight is 642 g/mol. The lowest BCUT2D eigenvalue weighted by atomic mass is 9.93. The van der Waals surface area contributed by atoms with Gasteiger partial charge in [0.15, 0.2) is 0 Å². The number of halogens is 2. The third-order valence-corrected chi connectivity index (χ3v) is 8.85. The maximum Gasteiger partial charge on any atom is 0.419 e. The molecule has 43 heavy (non-hydrogen) atoms. The summed E-state index contributed by atoms with van der Waals surface area (Å²) >= 11 is 0. The molecule has 2 saturated heterocycles. The summed E-state index contributed by atoms with van der Waals surface area (Å²) in [5.41, 5.74) is 7.26. The predicted octanol–water partition coefficient (Wildman–Crippen LogP) is 2.92. The number of rotatable bonds is 9. The molecule has 0 saturated carbocycles. The minimum atomic E-state index is -3.10. The summed E-state index contributed by atoms with van der Waals surface area (Å²) in [5, 5.41) is 0. The zero-order chi connectivity index (χ0) is 30.4. The summed E-state index contributed by atoms with van der Waals surface area (Å²) in [6, 6.07) is 12.3. The first-order valence-corrected chi connectivity index (χ1v) is 15.1. The Morgan fingerprint density at radius 3 is 2.42 bits per heavy atom. The first kappa shape index (κ1) is 33.7. The molecule has 15 heteroatoms. The van der Waals surface area contributed by atoms with Crippen LogP contribution in [0, 0.1) is 5.82 Å². The van der Waals surface area contributed by atoms with Crippen LogP contribution in [0.15, 0.2) is 48.5 Å². The van der Waals surface area contributed by atoms with E-state index in [1.54, 1.807) is 30.3 Å². The molecule has 0 aliphatic carbocycles. The fraction of sp³-hybridized carbons (Fsp3) is 0.429. The second-order valence-corrected chi connectivity index (χ2v) is 12.5. The summed E-state index contributed by atoms with van der Waals surface area (Å²) in [6.45, 7) is -0.101. The summed E-state index contributed by atoms with van der Waals surface area (Å²) < 4.78 is 53.5. The molecule has 2 N–H and O–H groups in total. The molecule has 4 rings (SSSR count). The van der Waals surface area contributed by atoms with Gasteiger partial charge in [-0.25, -0.2) is 27.3 Å². The molecule has 2 atom stereocenters. The number of carbonyl (C=O) groups is 4. The lowest BCUT2D eigenvalue weighted by Gasteiger charge is -2.23. The molecule has 234 valence electrons. The number of anilines is 1. The van der Waals surface area contributed by atoms with Crippen LogP contribution in [0.1, 0.15) is 36.8 Å². The lowest BCUT2D eigenvalue weighted by Crippen LogP contribution is -2.43. The van der Waals surface area contributed by atoms with Crippen LogP contribution in [-0.2, 0) is 40.1 Å². The standard InChI is InChI=1S/C28H32FN3O9S.ClH/c1-18(33)31(27(35)40-17-39-26(34)25(30)13-19-5-3-2-4-6-19)15-22-16-32(28(36)41-22)21-7-8-23(24(29)14-21)20-9-11-42(37,38)12-10-20;/h2-8,14,20,22,25H,9-13,15-17,30H2,1H3;1H/t22-,25-;/m0./s1. The highest BCUT2D eigenvalue weighted by atomic mass is 35.5. The van der Waals surface area contributed by atoms with Crippen molar-refractivity contribution < 1.29 is 46.2 Å². The van der Waals surface area contributed by atoms with Crippen LogP contribution in [0.5, 0.6) is 0 Å². The van der Waals surface area contributed by atoms with E-state index in [1.807, 2.05) is 6.07 Å². The van der Waals surface area contributed by atoms with E-state index >= 15 is 0 Å². The number of imide groups is 1. The number of amides is 3. The maximum absolute atomic E-state index is 15.0. The van der Waals surface area contributed by atoms with Gasteiger partial charge in [-0.2, -0.15) is 0 Å². The number of esters is 1. The van der Waals surface area contributed by atoms with Crippen LogP contribution in [0.3, 0.4) is 0 Å². The van der Waals surface area contributed by atoms with Crippen LogP contribution >= 0.6 is 12.4 Å². The second kappa shape index (κ2) is 14.6. The van der Waals surface area contributed by atoms with E-state index in [-0.39, 0.29) is 55.0 Å². The molecule has 12 nitrogen and oxygen atoms in total. The normalized spacial score (nSPS) is 18.6. The molecule has 0 radical (unpaired) electrons. The second-order valence-electron chi connectivity index (χ2n) is 10.2. The van der Waals surface area contributed by atoms with Crippen molar-refractivity contribution in [2.75, 3.05) is 36.3 Å². The Balaban J connectivity index is 0.00000506. The monoisotopic (exact) mass is 641 g/mol. The molecular formula is C28H33ClFN3O9S. The van der Waals surface area contributed by atoms with E-state index in [0.717, 1.165) is 12.5 Å². The van der Waals surface area contributed by atoms with Gasteiger partial charge in [0.25, 0.3) is 0 Å². The van der Waals surface area contributed by atoms with E-state index in [0.29, 0.717) is 23.3 Å². The number of hydrogen-bond acceptors (Lipinski definition) is 10. The Morgan fingerprint density at radius 1 is 1.12 bits per heavy atom. The van der Waals surface area contributed by atoms with Crippen LogP contribution < -0.4 is 10.6 Å². The smallest absolute Gasteiger partial charge is 0.419 e. The van der Waals surface area contributed by atoms with Crippen LogP contribution in [-0.4, -0.2) is 80.9 Å². The summed E-state index contributed by atoms with van der Waals surface area (Å²) in [5.74, 6) is -2.31. The molecule has 0 aromatic heterocycles. The number of nitrogens with zero attached hydrogens (tertiary/aromatic N) is 2. The van der Waals surface area contributed by atoms with Crippen LogP contribution in [0.4, 0.5) is 19.7 Å². The van der Waals surface area contributed by atoms with Crippen molar-refractivity contribution in [1.82, 2.24) is 4.90 Å². The number of benzene rings is 2. The van der Waals surface area contributed by atoms with E-state index in [2.05, 4.69) is 0 Å². The Bertz CT molecular complexity index is 1430. The number of ether oxygens (including phenoxy) is 3. The van der Waals surface area contributed by atoms with Gasteiger partial charge in [-0.1, -0.05) is 36.4 Å². The molecule has 2 aliphatic rings. The van der Waals surface area contributed by atoms with Crippen molar-refractivity contribution in [1.29, 1.82) is 0 Å². The van der Waals surface area contributed by atoms with E-state index in [1.165, 1.54) is 17.0 Å². The highest BCUT2D eigenvalue weighted by molar-refractivity contribution is 7.91. The average Bonchev–Trinajstić information content (AvgIpc) is 3.32. The van der Waals surface area contributed by atoms with Crippen molar-refractivity contribution in [2.24, 2.45) is 5.73 Å². The van der Waals surface area contributed by atoms with Gasteiger partial charge < -0.3 is 19.9 Å². The van der Waals surface area contributed by atoms with Crippen molar-refractivity contribution in [3.05, 3.63) is 65.5 Å². The van der Waals surface area contributed by atoms with Crippen molar-refractivity contribution in [3.8, 4) is 0 Å². The minimum absolute atomic E-state index is 0. The molecule has 2 aromatic rings. The minimum Gasteiger partial charge on any atom is -0.442 e. The largest absolute Gasteiger partial charge is 0.442 e. The number of hydrogen-bond donors (Lipinski definition) is 1. The van der Waals surface area contributed by atoms with Crippen LogP contribution in [0.2, 0.25) is 0 Å². The van der Waals surface area contributed by atoms with Crippen molar-refractivity contribution in [3.63, 3.8) is 0 Å². The Morgan fingerprint density at radius 2 is 1.79 bits per heavy atom. The molecule has 3 amide bonds. The highest BCUT2D eigenvalue weighted by Crippen LogP contribution is 2.33. The van der Waals surface area contributed by atoms with E-state index < -0.39 is 58.7 Å². The number of carbonyl (C=O) groups excluding carboxylic acids is 4. The topological polar surface area (TPSA) is 163 Å². The number of nitrogens with two attached hydrogens (primary N) is 1. The third-order valence-electron chi connectivity index (χ3n) is 7.14. The lowest BCUT2D eigenvalue weighted by molar-refractivity contribution is -0.154. The van der Waals surface area contributed by atoms with Crippen molar-refractivity contribution >= 4 is 52.0 Å². The molecule has 2 aliphatic heterocycles. The maximum atomic E-state index is 15.0.